The second kappa shape index (κ2) is 5.45. The molecule has 0 spiro atoms. The highest BCUT2D eigenvalue weighted by molar-refractivity contribution is 5.70. The van der Waals surface area contributed by atoms with Gasteiger partial charge in [0.2, 0.25) is 0 Å². The Balaban J connectivity index is 2.58. The smallest absolute Gasteiger partial charge is 0.119 e. The van der Waals surface area contributed by atoms with Crippen molar-refractivity contribution in [3.05, 3.63) is 35.7 Å². The standard InChI is InChI=1S/C15H21N3O/c1-10(2)15-14(9-18(3)17-15)13-6-5-12(19-4)7-11(13)8-16/h5-7,9-10H,8,16H2,1-4H3. The Kier molecular flexibility index (Phi) is 3.90. The van der Waals surface area contributed by atoms with E-state index in [1.165, 1.54) is 0 Å². The van der Waals surface area contributed by atoms with Gasteiger partial charge in [0.1, 0.15) is 5.75 Å². The molecule has 2 aromatic rings. The monoisotopic (exact) mass is 259 g/mol. The maximum Gasteiger partial charge on any atom is 0.119 e. The molecule has 0 atom stereocenters. The van der Waals surface area contributed by atoms with E-state index in [0.29, 0.717) is 12.5 Å². The minimum Gasteiger partial charge on any atom is -0.497 e. The van der Waals surface area contributed by atoms with E-state index >= 15 is 0 Å². The van der Waals surface area contributed by atoms with Crippen LogP contribution in [0.2, 0.25) is 0 Å². The Morgan fingerprint density at radius 1 is 1.32 bits per heavy atom. The third-order valence-corrected chi connectivity index (χ3v) is 3.23. The van der Waals surface area contributed by atoms with Crippen LogP contribution < -0.4 is 10.5 Å². The first-order valence-corrected chi connectivity index (χ1v) is 6.47. The highest BCUT2D eigenvalue weighted by Gasteiger charge is 2.15. The number of methoxy groups -OCH3 is 1. The van der Waals surface area contributed by atoms with E-state index in [0.717, 1.165) is 28.1 Å². The van der Waals surface area contributed by atoms with Gasteiger partial charge in [0.25, 0.3) is 0 Å². The van der Waals surface area contributed by atoms with Crippen LogP contribution >= 0.6 is 0 Å². The molecule has 1 heterocycles. The summed E-state index contributed by atoms with van der Waals surface area (Å²) in [4.78, 5) is 0. The van der Waals surface area contributed by atoms with Gasteiger partial charge in [-0.05, 0) is 29.2 Å². The van der Waals surface area contributed by atoms with Gasteiger partial charge in [0.15, 0.2) is 0 Å². The van der Waals surface area contributed by atoms with E-state index in [2.05, 4.69) is 31.2 Å². The molecule has 0 saturated heterocycles. The van der Waals surface area contributed by atoms with Crippen molar-refractivity contribution in [2.45, 2.75) is 26.3 Å². The molecule has 0 unspecified atom stereocenters. The number of aryl methyl sites for hydroxylation is 1. The molecule has 0 bridgehead atoms. The fourth-order valence-electron chi connectivity index (χ4n) is 2.27. The Morgan fingerprint density at radius 2 is 2.05 bits per heavy atom. The largest absolute Gasteiger partial charge is 0.497 e. The SMILES string of the molecule is COc1ccc(-c2cn(C)nc2C(C)C)c(CN)c1. The van der Waals surface area contributed by atoms with E-state index in [-0.39, 0.29) is 0 Å². The van der Waals surface area contributed by atoms with E-state index in [4.69, 9.17) is 10.5 Å². The molecule has 102 valence electrons. The lowest BCUT2D eigenvalue weighted by atomic mass is 9.96. The summed E-state index contributed by atoms with van der Waals surface area (Å²) in [6, 6.07) is 6.02. The van der Waals surface area contributed by atoms with Crippen molar-refractivity contribution in [2.75, 3.05) is 7.11 Å². The Morgan fingerprint density at radius 3 is 2.63 bits per heavy atom. The number of benzene rings is 1. The minimum atomic E-state index is 0.379. The van der Waals surface area contributed by atoms with Crippen LogP contribution in [0.4, 0.5) is 0 Å². The normalized spacial score (nSPS) is 11.1. The quantitative estimate of drug-likeness (QED) is 0.918. The highest BCUT2D eigenvalue weighted by atomic mass is 16.5. The van der Waals surface area contributed by atoms with Gasteiger partial charge in [-0.15, -0.1) is 0 Å². The summed E-state index contributed by atoms with van der Waals surface area (Å²) in [7, 11) is 3.61. The van der Waals surface area contributed by atoms with Gasteiger partial charge in [0, 0.05) is 25.4 Å². The average Bonchev–Trinajstić information content (AvgIpc) is 2.80. The summed E-state index contributed by atoms with van der Waals surface area (Å²) in [6.07, 6.45) is 2.05. The zero-order valence-corrected chi connectivity index (χ0v) is 12.0. The van der Waals surface area contributed by atoms with Crippen LogP contribution in [0.15, 0.2) is 24.4 Å². The van der Waals surface area contributed by atoms with Crippen molar-refractivity contribution in [1.29, 1.82) is 0 Å². The number of hydrogen-bond acceptors (Lipinski definition) is 3. The van der Waals surface area contributed by atoms with E-state index in [1.807, 2.05) is 23.9 Å². The van der Waals surface area contributed by atoms with Crippen LogP contribution in [0.1, 0.15) is 31.0 Å². The van der Waals surface area contributed by atoms with Gasteiger partial charge < -0.3 is 10.5 Å². The van der Waals surface area contributed by atoms with Crippen molar-refractivity contribution in [3.63, 3.8) is 0 Å². The molecule has 0 aliphatic carbocycles. The molecule has 0 amide bonds. The molecule has 4 heteroatoms. The molecule has 19 heavy (non-hydrogen) atoms. The van der Waals surface area contributed by atoms with Crippen LogP contribution in [-0.4, -0.2) is 16.9 Å². The predicted molar refractivity (Wildman–Crippen MR) is 77.2 cm³/mol. The minimum absolute atomic E-state index is 0.379. The number of nitrogens with zero attached hydrogens (tertiary/aromatic N) is 2. The molecular formula is C15H21N3O. The van der Waals surface area contributed by atoms with Gasteiger partial charge in [-0.2, -0.15) is 5.10 Å². The molecule has 0 fully saturated rings. The van der Waals surface area contributed by atoms with Crippen LogP contribution in [0.25, 0.3) is 11.1 Å². The summed E-state index contributed by atoms with van der Waals surface area (Å²) in [6.45, 7) is 4.79. The second-order valence-electron chi connectivity index (χ2n) is 4.98. The van der Waals surface area contributed by atoms with Crippen LogP contribution in [0, 0.1) is 0 Å². The fraction of sp³-hybridized carbons (Fsp3) is 0.400. The van der Waals surface area contributed by atoms with Gasteiger partial charge in [-0.1, -0.05) is 19.9 Å². The molecule has 2 N–H and O–H groups in total. The summed E-state index contributed by atoms with van der Waals surface area (Å²) in [5, 5.41) is 4.55. The maximum absolute atomic E-state index is 5.86. The van der Waals surface area contributed by atoms with Crippen LogP contribution in [-0.2, 0) is 13.6 Å². The molecule has 2 rings (SSSR count). The first-order chi connectivity index (χ1) is 9.06. The van der Waals surface area contributed by atoms with Gasteiger partial charge in [0.05, 0.1) is 12.8 Å². The summed E-state index contributed by atoms with van der Waals surface area (Å²) < 4.78 is 7.11. The molecule has 0 saturated carbocycles. The zero-order chi connectivity index (χ0) is 14.0. The molecule has 0 aliphatic rings. The Bertz CT molecular complexity index is 573. The summed E-state index contributed by atoms with van der Waals surface area (Å²) >= 11 is 0. The topological polar surface area (TPSA) is 53.1 Å². The molecule has 1 aromatic heterocycles. The molecule has 4 nitrogen and oxygen atoms in total. The average molecular weight is 259 g/mol. The fourth-order valence-corrected chi connectivity index (χ4v) is 2.27. The lowest BCUT2D eigenvalue weighted by molar-refractivity contribution is 0.414. The van der Waals surface area contributed by atoms with E-state index in [9.17, 15) is 0 Å². The van der Waals surface area contributed by atoms with Crippen molar-refractivity contribution in [2.24, 2.45) is 12.8 Å². The van der Waals surface area contributed by atoms with Gasteiger partial charge in [-0.25, -0.2) is 0 Å². The van der Waals surface area contributed by atoms with Gasteiger partial charge in [-0.3, -0.25) is 4.68 Å². The molecule has 0 radical (unpaired) electrons. The van der Waals surface area contributed by atoms with Gasteiger partial charge >= 0.3 is 0 Å². The second-order valence-corrected chi connectivity index (χ2v) is 4.98. The number of aromatic nitrogens is 2. The third kappa shape index (κ3) is 2.63. The summed E-state index contributed by atoms with van der Waals surface area (Å²) in [5.41, 5.74) is 10.3. The number of nitrogens with two attached hydrogens (primary N) is 1. The number of hydrogen-bond donors (Lipinski definition) is 1. The number of rotatable bonds is 4. The summed E-state index contributed by atoms with van der Waals surface area (Å²) in [5.74, 6) is 1.21. The van der Waals surface area contributed by atoms with Crippen molar-refractivity contribution < 1.29 is 4.74 Å². The lowest BCUT2D eigenvalue weighted by Crippen LogP contribution is -2.01. The highest BCUT2D eigenvalue weighted by Crippen LogP contribution is 2.32. The maximum atomic E-state index is 5.86. The van der Waals surface area contributed by atoms with Crippen LogP contribution in [0.3, 0.4) is 0 Å². The lowest BCUT2D eigenvalue weighted by Gasteiger charge is -2.11. The van der Waals surface area contributed by atoms with E-state index in [1.54, 1.807) is 7.11 Å². The van der Waals surface area contributed by atoms with E-state index < -0.39 is 0 Å². The first kappa shape index (κ1) is 13.6. The zero-order valence-electron chi connectivity index (χ0n) is 12.0. The van der Waals surface area contributed by atoms with Crippen molar-refractivity contribution in [1.82, 2.24) is 9.78 Å². The van der Waals surface area contributed by atoms with Crippen molar-refractivity contribution in [3.8, 4) is 16.9 Å². The van der Waals surface area contributed by atoms with Crippen LogP contribution in [0.5, 0.6) is 5.75 Å². The molecule has 1 aromatic carbocycles. The molecule has 0 aliphatic heterocycles. The first-order valence-electron chi connectivity index (χ1n) is 6.47. The Labute approximate surface area is 114 Å². The molecular weight excluding hydrogens is 238 g/mol. The van der Waals surface area contributed by atoms with Crippen molar-refractivity contribution >= 4 is 0 Å². The Hall–Kier alpha value is -1.81. The number of ether oxygens (including phenoxy) is 1. The third-order valence-electron chi connectivity index (χ3n) is 3.23. The predicted octanol–water partition coefficient (Wildman–Crippen LogP) is 2.68.